The molecule has 7 nitrogen and oxygen atoms in total. The van der Waals surface area contributed by atoms with Gasteiger partial charge in [-0.15, -0.1) is 0 Å². The predicted octanol–water partition coefficient (Wildman–Crippen LogP) is 3.92. The second-order valence-electron chi connectivity index (χ2n) is 9.17. The summed E-state index contributed by atoms with van der Waals surface area (Å²) in [7, 11) is 3.41. The molecule has 9 heteroatoms. The Balaban J connectivity index is 3.93. The second kappa shape index (κ2) is 16.6. The van der Waals surface area contributed by atoms with E-state index in [-0.39, 0.29) is 23.3 Å². The topological polar surface area (TPSA) is 96.5 Å². The molecule has 0 heterocycles. The molecule has 0 aromatic carbocycles. The van der Waals surface area contributed by atoms with Crippen LogP contribution in [0.2, 0.25) is 0 Å². The lowest BCUT2D eigenvalue weighted by Crippen LogP contribution is -2.38. The van der Waals surface area contributed by atoms with Crippen molar-refractivity contribution in [3.05, 3.63) is 0 Å². The Kier molecular flexibility index (Phi) is 16.2. The molecule has 188 valence electrons. The van der Waals surface area contributed by atoms with Crippen LogP contribution >= 0.6 is 21.6 Å². The smallest absolute Gasteiger partial charge is 0.225 e. The molecule has 3 amide bonds. The van der Waals surface area contributed by atoms with Crippen molar-refractivity contribution in [2.24, 2.45) is 5.41 Å². The third-order valence-corrected chi connectivity index (χ3v) is 7.98. The summed E-state index contributed by atoms with van der Waals surface area (Å²) in [6.07, 6.45) is 3.21. The Labute approximate surface area is 203 Å². The predicted molar refractivity (Wildman–Crippen MR) is 137 cm³/mol. The van der Waals surface area contributed by atoms with Crippen molar-refractivity contribution < 1.29 is 19.1 Å². The number of carbonyl (C=O) groups is 3. The van der Waals surface area contributed by atoms with Crippen LogP contribution in [0, 0.1) is 5.41 Å². The average molecular weight is 492 g/mol. The van der Waals surface area contributed by atoms with Crippen LogP contribution in [0.5, 0.6) is 0 Å². The number of rotatable bonds is 18. The summed E-state index contributed by atoms with van der Waals surface area (Å²) >= 11 is 0. The number of nitrogens with one attached hydrogen (secondary N) is 3. The van der Waals surface area contributed by atoms with Gasteiger partial charge in [0.1, 0.15) is 0 Å². The van der Waals surface area contributed by atoms with Crippen molar-refractivity contribution >= 4 is 39.3 Å². The fraction of sp³-hybridized carbons (Fsp3) is 0.870. The molecule has 0 aliphatic rings. The highest BCUT2D eigenvalue weighted by Gasteiger charge is 2.28. The summed E-state index contributed by atoms with van der Waals surface area (Å²) in [4.78, 5) is 35.6. The lowest BCUT2D eigenvalue weighted by Gasteiger charge is -2.29. The molecular formula is C23H45N3O4S2. The normalized spacial score (nSPS) is 12.8. The van der Waals surface area contributed by atoms with E-state index in [1.807, 2.05) is 41.5 Å². The quantitative estimate of drug-likeness (QED) is 0.199. The minimum atomic E-state index is -0.463. The lowest BCUT2D eigenvalue weighted by molar-refractivity contribution is -0.131. The summed E-state index contributed by atoms with van der Waals surface area (Å²) in [6.45, 7) is 16.2. The Morgan fingerprint density at radius 2 is 1.53 bits per heavy atom. The Bertz CT molecular complexity index is 571. The minimum absolute atomic E-state index is 0.0427. The van der Waals surface area contributed by atoms with Crippen LogP contribution in [0.3, 0.4) is 0 Å². The minimum Gasteiger partial charge on any atom is -0.375 e. The Morgan fingerprint density at radius 1 is 0.906 bits per heavy atom. The summed E-state index contributed by atoms with van der Waals surface area (Å²) < 4.78 is 5.99. The van der Waals surface area contributed by atoms with Crippen LogP contribution in [-0.4, -0.2) is 60.6 Å². The van der Waals surface area contributed by atoms with Gasteiger partial charge in [-0.05, 0) is 47.0 Å². The van der Waals surface area contributed by atoms with Gasteiger partial charge >= 0.3 is 0 Å². The summed E-state index contributed by atoms with van der Waals surface area (Å²) in [6, 6.07) is 0. The molecule has 1 unspecified atom stereocenters. The first-order valence-corrected chi connectivity index (χ1v) is 14.1. The lowest BCUT2D eigenvalue weighted by atomic mass is 9.88. The van der Waals surface area contributed by atoms with Gasteiger partial charge < -0.3 is 20.7 Å². The van der Waals surface area contributed by atoms with E-state index in [1.165, 1.54) is 0 Å². The van der Waals surface area contributed by atoms with Crippen molar-refractivity contribution in [2.45, 2.75) is 91.4 Å². The van der Waals surface area contributed by atoms with Gasteiger partial charge in [0.2, 0.25) is 17.7 Å². The Hall–Kier alpha value is -0.930. The van der Waals surface area contributed by atoms with Crippen LogP contribution < -0.4 is 16.0 Å². The third kappa shape index (κ3) is 15.8. The molecule has 32 heavy (non-hydrogen) atoms. The van der Waals surface area contributed by atoms with E-state index < -0.39 is 5.41 Å². The standard InChI is InChI=1S/C23H45N3O4S2/c1-8-24-19(27)11-10-18(3)32-31-17-12-20(28)26-15-13-23(6,7)30-16-14-22(4,5)21(29)25-9-2/h18H,8-17H2,1-7H3,(H,24,27)(H,25,29)(H,26,28). The van der Waals surface area contributed by atoms with Crippen molar-refractivity contribution in [3.63, 3.8) is 0 Å². The van der Waals surface area contributed by atoms with Gasteiger partial charge in [0.05, 0.1) is 5.60 Å². The zero-order valence-electron chi connectivity index (χ0n) is 21.1. The van der Waals surface area contributed by atoms with E-state index in [9.17, 15) is 14.4 Å². The molecule has 0 saturated carbocycles. The number of ether oxygens (including phenoxy) is 1. The first-order chi connectivity index (χ1) is 14.9. The van der Waals surface area contributed by atoms with Crippen LogP contribution in [0.15, 0.2) is 0 Å². The Morgan fingerprint density at radius 3 is 2.16 bits per heavy atom. The van der Waals surface area contributed by atoms with E-state index in [4.69, 9.17) is 4.74 Å². The molecule has 0 bridgehead atoms. The molecule has 0 fully saturated rings. The monoisotopic (exact) mass is 491 g/mol. The fourth-order valence-corrected chi connectivity index (χ4v) is 5.06. The summed E-state index contributed by atoms with van der Waals surface area (Å²) in [5.41, 5.74) is -0.829. The maximum absolute atomic E-state index is 12.1. The van der Waals surface area contributed by atoms with Crippen LogP contribution in [-0.2, 0) is 19.1 Å². The van der Waals surface area contributed by atoms with Crippen LogP contribution in [0.4, 0.5) is 0 Å². The highest BCUT2D eigenvalue weighted by molar-refractivity contribution is 8.76. The third-order valence-electron chi connectivity index (χ3n) is 5.02. The van der Waals surface area contributed by atoms with Gasteiger partial charge in [-0.3, -0.25) is 14.4 Å². The number of carbonyl (C=O) groups excluding carboxylic acids is 3. The van der Waals surface area contributed by atoms with Crippen LogP contribution in [0.1, 0.15) is 80.6 Å². The highest BCUT2D eigenvalue weighted by Crippen LogP contribution is 2.29. The molecule has 0 aromatic rings. The first-order valence-electron chi connectivity index (χ1n) is 11.7. The maximum Gasteiger partial charge on any atom is 0.225 e. The van der Waals surface area contributed by atoms with Crippen molar-refractivity contribution in [1.82, 2.24) is 16.0 Å². The summed E-state index contributed by atoms with van der Waals surface area (Å²) in [5.74, 6) is 0.931. The zero-order valence-corrected chi connectivity index (χ0v) is 22.7. The van der Waals surface area contributed by atoms with Gasteiger partial charge in [0, 0.05) is 55.5 Å². The number of hydrogen-bond donors (Lipinski definition) is 3. The second-order valence-corrected chi connectivity index (χ2v) is 12.1. The molecule has 0 rings (SSSR count). The van der Waals surface area contributed by atoms with Crippen molar-refractivity contribution in [3.8, 4) is 0 Å². The van der Waals surface area contributed by atoms with Crippen LogP contribution in [0.25, 0.3) is 0 Å². The van der Waals surface area contributed by atoms with E-state index in [0.717, 1.165) is 12.2 Å². The average Bonchev–Trinajstić information content (AvgIpc) is 2.69. The number of amides is 3. The maximum atomic E-state index is 12.1. The zero-order chi connectivity index (χ0) is 24.6. The van der Waals surface area contributed by atoms with Gasteiger partial charge in [-0.25, -0.2) is 0 Å². The van der Waals surface area contributed by atoms with Gasteiger partial charge in [-0.1, -0.05) is 42.4 Å². The van der Waals surface area contributed by atoms with Gasteiger partial charge in [0.25, 0.3) is 0 Å². The molecule has 0 aliphatic heterocycles. The molecule has 0 aliphatic carbocycles. The molecule has 0 saturated heterocycles. The first kappa shape index (κ1) is 31.1. The largest absolute Gasteiger partial charge is 0.375 e. The molecular weight excluding hydrogens is 446 g/mol. The SMILES string of the molecule is CCNC(=O)CCC(C)SSCCC(=O)NCCC(C)(C)OCCC(C)(C)C(=O)NCC. The van der Waals surface area contributed by atoms with Crippen molar-refractivity contribution in [1.29, 1.82) is 0 Å². The van der Waals surface area contributed by atoms with E-state index in [1.54, 1.807) is 21.6 Å². The molecule has 0 spiro atoms. The van der Waals surface area contributed by atoms with E-state index in [2.05, 4.69) is 22.9 Å². The van der Waals surface area contributed by atoms with Crippen molar-refractivity contribution in [2.75, 3.05) is 32.0 Å². The van der Waals surface area contributed by atoms with E-state index >= 15 is 0 Å². The van der Waals surface area contributed by atoms with Gasteiger partial charge in [0.15, 0.2) is 0 Å². The number of hydrogen-bond acceptors (Lipinski definition) is 6. The fourth-order valence-electron chi connectivity index (χ4n) is 2.73. The van der Waals surface area contributed by atoms with Gasteiger partial charge in [-0.2, -0.15) is 0 Å². The molecule has 0 aromatic heterocycles. The highest BCUT2D eigenvalue weighted by atomic mass is 33.1. The van der Waals surface area contributed by atoms with E-state index in [0.29, 0.717) is 57.2 Å². The molecule has 0 radical (unpaired) electrons. The molecule has 3 N–H and O–H groups in total. The molecule has 1 atom stereocenters. The summed E-state index contributed by atoms with van der Waals surface area (Å²) in [5, 5.41) is 9.01.